The molecule has 2 N–H and O–H groups in total. The lowest BCUT2D eigenvalue weighted by Gasteiger charge is -2.18. The number of carbonyl (C=O) groups is 1. The van der Waals surface area contributed by atoms with Crippen LogP contribution in [-0.2, 0) is 9.53 Å². The second kappa shape index (κ2) is 5.32. The predicted molar refractivity (Wildman–Crippen MR) is 54.8 cm³/mol. The molecule has 1 aliphatic heterocycles. The summed E-state index contributed by atoms with van der Waals surface area (Å²) in [5.41, 5.74) is 5.54. The summed E-state index contributed by atoms with van der Waals surface area (Å²) in [6.45, 7) is 6.87. The van der Waals surface area contributed by atoms with Crippen molar-refractivity contribution in [2.45, 2.75) is 26.3 Å². The van der Waals surface area contributed by atoms with Crippen LogP contribution in [0.3, 0.4) is 0 Å². The third kappa shape index (κ3) is 2.96. The van der Waals surface area contributed by atoms with Crippen molar-refractivity contribution in [3.8, 4) is 0 Å². The molecule has 0 spiro atoms. The molecule has 1 fully saturated rings. The average Bonchev–Trinajstić information content (AvgIpc) is 2.61. The Hall–Kier alpha value is -0.610. The Morgan fingerprint density at radius 2 is 2.43 bits per heavy atom. The molecule has 0 aliphatic carbocycles. The Labute approximate surface area is 85.4 Å². The molecule has 82 valence electrons. The number of amides is 1. The molecule has 0 aromatic heterocycles. The van der Waals surface area contributed by atoms with Gasteiger partial charge in [0, 0.05) is 25.6 Å². The van der Waals surface area contributed by atoms with E-state index in [-0.39, 0.29) is 11.9 Å². The normalized spacial score (nSPS) is 23.9. The van der Waals surface area contributed by atoms with Crippen LogP contribution in [0.4, 0.5) is 0 Å². The zero-order chi connectivity index (χ0) is 10.6. The van der Waals surface area contributed by atoms with E-state index in [9.17, 15) is 4.79 Å². The standard InChI is InChI=1S/C10H20N2O2/c1-3-14-7-9-4-5-12(6-9)10(13)8(2)11/h8-9H,3-7,11H2,1-2H3/t8-,9?/m1/s1. The van der Waals surface area contributed by atoms with Crippen molar-refractivity contribution in [2.75, 3.05) is 26.3 Å². The van der Waals surface area contributed by atoms with Crippen LogP contribution in [0.1, 0.15) is 20.3 Å². The molecule has 0 saturated carbocycles. The minimum atomic E-state index is -0.374. The molecule has 0 aromatic rings. The van der Waals surface area contributed by atoms with Crippen LogP contribution in [0.5, 0.6) is 0 Å². The Morgan fingerprint density at radius 1 is 1.71 bits per heavy atom. The Balaban J connectivity index is 2.30. The molecule has 1 heterocycles. The Bertz CT molecular complexity index is 195. The molecule has 0 radical (unpaired) electrons. The van der Waals surface area contributed by atoms with Gasteiger partial charge in [-0.05, 0) is 20.3 Å². The summed E-state index contributed by atoms with van der Waals surface area (Å²) in [4.78, 5) is 13.4. The van der Waals surface area contributed by atoms with Crippen molar-refractivity contribution < 1.29 is 9.53 Å². The maximum absolute atomic E-state index is 11.5. The molecule has 1 unspecified atom stereocenters. The maximum atomic E-state index is 11.5. The number of carbonyl (C=O) groups excluding carboxylic acids is 1. The first-order valence-electron chi connectivity index (χ1n) is 5.27. The van der Waals surface area contributed by atoms with Gasteiger partial charge in [0.2, 0.25) is 5.91 Å². The summed E-state index contributed by atoms with van der Waals surface area (Å²) in [5.74, 6) is 0.557. The number of likely N-dealkylation sites (tertiary alicyclic amines) is 1. The lowest BCUT2D eigenvalue weighted by molar-refractivity contribution is -0.131. The third-order valence-corrected chi connectivity index (χ3v) is 2.54. The van der Waals surface area contributed by atoms with Gasteiger partial charge < -0.3 is 15.4 Å². The van der Waals surface area contributed by atoms with E-state index < -0.39 is 0 Å². The van der Waals surface area contributed by atoms with Gasteiger partial charge in [0.25, 0.3) is 0 Å². The predicted octanol–water partition coefficient (Wildman–Crippen LogP) is 0.219. The fraction of sp³-hybridized carbons (Fsp3) is 0.900. The second-order valence-corrected chi connectivity index (χ2v) is 3.89. The molecule has 1 aliphatic rings. The van der Waals surface area contributed by atoms with Gasteiger partial charge in [0.05, 0.1) is 12.6 Å². The summed E-state index contributed by atoms with van der Waals surface area (Å²) in [6, 6.07) is -0.374. The first kappa shape index (κ1) is 11.5. The van der Waals surface area contributed by atoms with Gasteiger partial charge in [-0.3, -0.25) is 4.79 Å². The molecule has 0 aromatic carbocycles. The quantitative estimate of drug-likeness (QED) is 0.706. The van der Waals surface area contributed by atoms with Crippen LogP contribution < -0.4 is 5.73 Å². The van der Waals surface area contributed by atoms with Crippen molar-refractivity contribution >= 4 is 5.91 Å². The Kier molecular flexibility index (Phi) is 4.35. The number of rotatable bonds is 4. The van der Waals surface area contributed by atoms with Crippen molar-refractivity contribution in [1.82, 2.24) is 4.90 Å². The topological polar surface area (TPSA) is 55.6 Å². The van der Waals surface area contributed by atoms with E-state index in [0.717, 1.165) is 32.7 Å². The number of nitrogens with two attached hydrogens (primary N) is 1. The highest BCUT2D eigenvalue weighted by Gasteiger charge is 2.27. The van der Waals surface area contributed by atoms with Gasteiger partial charge >= 0.3 is 0 Å². The van der Waals surface area contributed by atoms with Crippen LogP contribution in [0.15, 0.2) is 0 Å². The molecule has 1 amide bonds. The van der Waals surface area contributed by atoms with E-state index >= 15 is 0 Å². The van der Waals surface area contributed by atoms with E-state index in [1.165, 1.54) is 0 Å². The van der Waals surface area contributed by atoms with Gasteiger partial charge in [0.15, 0.2) is 0 Å². The summed E-state index contributed by atoms with van der Waals surface area (Å²) in [7, 11) is 0. The second-order valence-electron chi connectivity index (χ2n) is 3.89. The van der Waals surface area contributed by atoms with Gasteiger partial charge in [-0.15, -0.1) is 0 Å². The molecule has 1 saturated heterocycles. The lowest BCUT2D eigenvalue weighted by Crippen LogP contribution is -2.40. The third-order valence-electron chi connectivity index (χ3n) is 2.54. The summed E-state index contributed by atoms with van der Waals surface area (Å²) < 4.78 is 5.34. The molecular formula is C10H20N2O2. The number of nitrogens with zero attached hydrogens (tertiary/aromatic N) is 1. The van der Waals surface area contributed by atoms with E-state index in [4.69, 9.17) is 10.5 Å². The largest absolute Gasteiger partial charge is 0.381 e. The minimum Gasteiger partial charge on any atom is -0.381 e. The minimum absolute atomic E-state index is 0.0593. The summed E-state index contributed by atoms with van der Waals surface area (Å²) >= 11 is 0. The van der Waals surface area contributed by atoms with Gasteiger partial charge in [-0.25, -0.2) is 0 Å². The SMILES string of the molecule is CCOCC1CCN(C(=O)[C@@H](C)N)C1. The molecule has 1 rings (SSSR count). The Morgan fingerprint density at radius 3 is 3.00 bits per heavy atom. The van der Waals surface area contributed by atoms with Crippen LogP contribution in [0.2, 0.25) is 0 Å². The average molecular weight is 200 g/mol. The fourth-order valence-corrected chi connectivity index (χ4v) is 1.74. The van der Waals surface area contributed by atoms with Crippen LogP contribution in [0, 0.1) is 5.92 Å². The fourth-order valence-electron chi connectivity index (χ4n) is 1.74. The molecule has 4 nitrogen and oxygen atoms in total. The van der Waals surface area contributed by atoms with Gasteiger partial charge in [0.1, 0.15) is 0 Å². The first-order chi connectivity index (χ1) is 6.65. The summed E-state index contributed by atoms with van der Waals surface area (Å²) in [5, 5.41) is 0. The monoisotopic (exact) mass is 200 g/mol. The molecule has 2 atom stereocenters. The van der Waals surface area contributed by atoms with Crippen molar-refractivity contribution in [2.24, 2.45) is 11.7 Å². The van der Waals surface area contributed by atoms with Crippen molar-refractivity contribution in [3.05, 3.63) is 0 Å². The molecule has 0 bridgehead atoms. The maximum Gasteiger partial charge on any atom is 0.239 e. The van der Waals surface area contributed by atoms with E-state index in [1.807, 2.05) is 11.8 Å². The highest BCUT2D eigenvalue weighted by atomic mass is 16.5. The zero-order valence-corrected chi connectivity index (χ0v) is 9.03. The van der Waals surface area contributed by atoms with E-state index in [1.54, 1.807) is 6.92 Å². The van der Waals surface area contributed by atoms with Crippen LogP contribution >= 0.6 is 0 Å². The first-order valence-corrected chi connectivity index (χ1v) is 5.27. The van der Waals surface area contributed by atoms with E-state index in [0.29, 0.717) is 5.92 Å². The molecule has 4 heteroatoms. The highest BCUT2D eigenvalue weighted by Crippen LogP contribution is 2.16. The van der Waals surface area contributed by atoms with Crippen molar-refractivity contribution in [1.29, 1.82) is 0 Å². The molecular weight excluding hydrogens is 180 g/mol. The highest BCUT2D eigenvalue weighted by molar-refractivity contribution is 5.81. The van der Waals surface area contributed by atoms with Crippen LogP contribution in [-0.4, -0.2) is 43.2 Å². The lowest BCUT2D eigenvalue weighted by atomic mass is 10.1. The molecule has 14 heavy (non-hydrogen) atoms. The zero-order valence-electron chi connectivity index (χ0n) is 9.03. The van der Waals surface area contributed by atoms with Gasteiger partial charge in [-0.1, -0.05) is 0 Å². The smallest absolute Gasteiger partial charge is 0.239 e. The number of hydrogen-bond acceptors (Lipinski definition) is 3. The van der Waals surface area contributed by atoms with Crippen molar-refractivity contribution in [3.63, 3.8) is 0 Å². The van der Waals surface area contributed by atoms with E-state index in [2.05, 4.69) is 0 Å². The van der Waals surface area contributed by atoms with Crippen LogP contribution in [0.25, 0.3) is 0 Å². The summed E-state index contributed by atoms with van der Waals surface area (Å²) in [6.07, 6.45) is 1.04. The number of hydrogen-bond donors (Lipinski definition) is 1. The van der Waals surface area contributed by atoms with Gasteiger partial charge in [-0.2, -0.15) is 0 Å². The number of ether oxygens (including phenoxy) is 1.